The van der Waals surface area contributed by atoms with E-state index in [4.69, 9.17) is 0 Å². The molecule has 0 spiro atoms. The lowest BCUT2D eigenvalue weighted by molar-refractivity contribution is 0.430. The fourth-order valence-corrected chi connectivity index (χ4v) is 7.37. The average Bonchev–Trinajstić information content (AvgIpc) is 3.68. The summed E-state index contributed by atoms with van der Waals surface area (Å²) in [4.78, 5) is 0. The van der Waals surface area contributed by atoms with Crippen molar-refractivity contribution in [1.29, 1.82) is 0 Å². The van der Waals surface area contributed by atoms with E-state index >= 15 is 17.6 Å². The van der Waals surface area contributed by atoms with E-state index in [1.165, 1.54) is 0 Å². The molecule has 0 fully saturated rings. The highest BCUT2D eigenvalue weighted by Crippen LogP contribution is 2.34. The van der Waals surface area contributed by atoms with Crippen LogP contribution in [0.4, 0.5) is 17.6 Å². The second-order valence-corrected chi connectivity index (χ2v) is 12.6. The third-order valence-electron chi connectivity index (χ3n) is 9.76. The summed E-state index contributed by atoms with van der Waals surface area (Å²) in [5.74, 6) is -5.47. The molecule has 0 aliphatic rings. The summed E-state index contributed by atoms with van der Waals surface area (Å²) < 4.78 is 66.3. The molecule has 9 rings (SSSR count). The van der Waals surface area contributed by atoms with Gasteiger partial charge in [-0.3, -0.25) is 0 Å². The van der Waals surface area contributed by atoms with Crippen molar-refractivity contribution in [2.45, 2.75) is 12.8 Å². The molecule has 242 valence electrons. The van der Waals surface area contributed by atoms with Gasteiger partial charge in [0.25, 0.3) is 0 Å². The Morgan fingerprint density at radius 2 is 0.580 bits per heavy atom. The molecule has 2 nitrogen and oxygen atoms in total. The van der Waals surface area contributed by atoms with Crippen LogP contribution in [0.3, 0.4) is 0 Å². The van der Waals surface area contributed by atoms with Crippen molar-refractivity contribution >= 4 is 43.6 Å². The summed E-state index contributed by atoms with van der Waals surface area (Å²) in [7, 11) is 0. The van der Waals surface area contributed by atoms with Crippen LogP contribution in [0, 0.1) is 23.3 Å². The molecule has 0 saturated carbocycles. The van der Waals surface area contributed by atoms with Gasteiger partial charge in [0.1, 0.15) is 0 Å². The van der Waals surface area contributed by atoms with Gasteiger partial charge in [0.2, 0.25) is 0 Å². The molecular formula is C44H28F4N2. The molecule has 0 aliphatic carbocycles. The summed E-state index contributed by atoms with van der Waals surface area (Å²) in [6.07, 6.45) is -0.598. The van der Waals surface area contributed by atoms with Gasteiger partial charge in [0.05, 0.1) is 22.1 Å². The van der Waals surface area contributed by atoms with Gasteiger partial charge < -0.3 is 9.13 Å². The number of para-hydroxylation sites is 4. The molecule has 9 aromatic rings. The first-order valence-corrected chi connectivity index (χ1v) is 16.5. The van der Waals surface area contributed by atoms with Gasteiger partial charge in [-0.15, -0.1) is 0 Å². The van der Waals surface area contributed by atoms with Crippen molar-refractivity contribution < 1.29 is 17.6 Å². The molecule has 2 aromatic heterocycles. The van der Waals surface area contributed by atoms with Gasteiger partial charge in [-0.25, -0.2) is 17.6 Å². The molecule has 0 amide bonds. The molecular weight excluding hydrogens is 632 g/mol. The first-order valence-electron chi connectivity index (χ1n) is 16.5. The number of hydrogen-bond donors (Lipinski definition) is 0. The van der Waals surface area contributed by atoms with E-state index in [-0.39, 0.29) is 12.8 Å². The fraction of sp³-hybridized carbons (Fsp3) is 0.0455. The zero-order valence-electron chi connectivity index (χ0n) is 26.7. The minimum Gasteiger partial charge on any atom is -0.309 e. The molecule has 0 N–H and O–H groups in total. The summed E-state index contributed by atoms with van der Waals surface area (Å²) in [5, 5.41) is 4.45. The Balaban J connectivity index is 1.00. The Morgan fingerprint density at radius 1 is 0.320 bits per heavy atom. The van der Waals surface area contributed by atoms with Crippen molar-refractivity contribution in [2.24, 2.45) is 0 Å². The molecule has 6 heteroatoms. The van der Waals surface area contributed by atoms with Crippen LogP contribution in [0.5, 0.6) is 0 Å². The van der Waals surface area contributed by atoms with E-state index in [1.54, 1.807) is 24.3 Å². The minimum atomic E-state index is -1.37. The third-order valence-corrected chi connectivity index (χ3v) is 9.76. The standard InChI is InChI=1S/C44H28F4N2/c45-41-35(25-27-17-21-29(22-18-27)49-37-13-5-1-9-31(37)32-10-2-6-14-38(32)49)42(46)44(48)36(43(41)47)26-28-19-23-30(24-20-28)50-39-15-7-3-11-33(39)34-12-4-8-16-40(34)50/h1-24H,25-26H2. The Kier molecular flexibility index (Phi) is 7.06. The molecule has 0 atom stereocenters. The molecule has 2 heterocycles. The normalized spacial score (nSPS) is 11.8. The van der Waals surface area contributed by atoms with Crippen molar-refractivity contribution in [1.82, 2.24) is 9.13 Å². The lowest BCUT2D eigenvalue weighted by Gasteiger charge is -2.14. The zero-order valence-corrected chi connectivity index (χ0v) is 26.7. The van der Waals surface area contributed by atoms with Gasteiger partial charge in [-0.05, 0) is 59.7 Å². The lowest BCUT2D eigenvalue weighted by Crippen LogP contribution is -2.10. The van der Waals surface area contributed by atoms with Crippen molar-refractivity contribution in [2.75, 3.05) is 0 Å². The highest BCUT2D eigenvalue weighted by Gasteiger charge is 2.26. The summed E-state index contributed by atoms with van der Waals surface area (Å²) in [5.41, 5.74) is 5.63. The van der Waals surface area contributed by atoms with Crippen LogP contribution >= 0.6 is 0 Å². The quantitative estimate of drug-likeness (QED) is 0.124. The van der Waals surface area contributed by atoms with Crippen LogP contribution in [-0.2, 0) is 12.8 Å². The number of nitrogens with zero attached hydrogens (tertiary/aromatic N) is 2. The van der Waals surface area contributed by atoms with E-state index in [1.807, 2.05) is 97.1 Å². The molecule has 0 bridgehead atoms. The van der Waals surface area contributed by atoms with E-state index in [2.05, 4.69) is 33.4 Å². The highest BCUT2D eigenvalue weighted by atomic mass is 19.2. The van der Waals surface area contributed by atoms with Gasteiger partial charge in [-0.1, -0.05) is 97.1 Å². The van der Waals surface area contributed by atoms with Crippen LogP contribution in [0.1, 0.15) is 22.3 Å². The molecule has 0 saturated heterocycles. The van der Waals surface area contributed by atoms with Crippen LogP contribution in [-0.4, -0.2) is 9.13 Å². The fourth-order valence-electron chi connectivity index (χ4n) is 7.37. The smallest absolute Gasteiger partial charge is 0.165 e. The molecule has 7 aromatic carbocycles. The molecule has 0 radical (unpaired) electrons. The number of benzene rings is 7. The van der Waals surface area contributed by atoms with Crippen molar-refractivity contribution in [3.05, 3.63) is 191 Å². The summed E-state index contributed by atoms with van der Waals surface area (Å²) in [6, 6.07) is 46.7. The first kappa shape index (κ1) is 30.0. The largest absolute Gasteiger partial charge is 0.309 e. The van der Waals surface area contributed by atoms with E-state index < -0.39 is 34.4 Å². The van der Waals surface area contributed by atoms with Gasteiger partial charge in [0.15, 0.2) is 23.3 Å². The third kappa shape index (κ3) is 4.71. The number of fused-ring (bicyclic) bond motifs is 6. The maximum atomic E-state index is 15.5. The van der Waals surface area contributed by atoms with Crippen molar-refractivity contribution in [3.8, 4) is 11.4 Å². The molecule has 0 aliphatic heterocycles. The van der Waals surface area contributed by atoms with Crippen LogP contribution < -0.4 is 0 Å². The maximum absolute atomic E-state index is 15.5. The molecule has 50 heavy (non-hydrogen) atoms. The van der Waals surface area contributed by atoms with E-state index in [0.717, 1.165) is 55.0 Å². The number of hydrogen-bond acceptors (Lipinski definition) is 0. The minimum absolute atomic E-state index is 0.299. The monoisotopic (exact) mass is 660 g/mol. The zero-order chi connectivity index (χ0) is 33.9. The van der Waals surface area contributed by atoms with Crippen molar-refractivity contribution in [3.63, 3.8) is 0 Å². The second-order valence-electron chi connectivity index (χ2n) is 12.6. The Hall–Kier alpha value is -6.14. The molecule has 0 unspecified atom stereocenters. The number of halogens is 4. The predicted molar refractivity (Wildman–Crippen MR) is 193 cm³/mol. The Labute approximate surface area is 285 Å². The number of rotatable bonds is 6. The Bertz CT molecular complexity index is 2410. The average molecular weight is 661 g/mol. The van der Waals surface area contributed by atoms with E-state index in [9.17, 15) is 0 Å². The lowest BCUT2D eigenvalue weighted by atomic mass is 9.97. The summed E-state index contributed by atoms with van der Waals surface area (Å²) >= 11 is 0. The SMILES string of the molecule is Fc1c(F)c(Cc2ccc(-n3c4ccccc4c4ccccc43)cc2)c(F)c(F)c1Cc1ccc(-n2c3ccccc3c3ccccc32)cc1. The Morgan fingerprint density at radius 3 is 0.860 bits per heavy atom. The maximum Gasteiger partial charge on any atom is 0.165 e. The second kappa shape index (κ2) is 11.8. The summed E-state index contributed by atoms with van der Waals surface area (Å²) in [6.45, 7) is 0. The van der Waals surface area contributed by atoms with Gasteiger partial charge in [-0.2, -0.15) is 0 Å². The van der Waals surface area contributed by atoms with Crippen LogP contribution in [0.25, 0.3) is 55.0 Å². The topological polar surface area (TPSA) is 9.86 Å². The highest BCUT2D eigenvalue weighted by molar-refractivity contribution is 6.10. The van der Waals surface area contributed by atoms with E-state index in [0.29, 0.717) is 11.1 Å². The van der Waals surface area contributed by atoms with Crippen LogP contribution in [0.15, 0.2) is 146 Å². The van der Waals surface area contributed by atoms with Gasteiger partial charge in [0, 0.05) is 56.9 Å². The van der Waals surface area contributed by atoms with Gasteiger partial charge >= 0.3 is 0 Å². The number of aromatic nitrogens is 2. The first-order chi connectivity index (χ1) is 24.5. The predicted octanol–water partition coefficient (Wildman–Crippen LogP) is 11.6. The van der Waals surface area contributed by atoms with Crippen LogP contribution in [0.2, 0.25) is 0 Å².